The summed E-state index contributed by atoms with van der Waals surface area (Å²) in [7, 11) is 0. The van der Waals surface area contributed by atoms with Crippen molar-refractivity contribution in [2.75, 3.05) is 13.1 Å². The first-order valence-corrected chi connectivity index (χ1v) is 6.96. The molecule has 1 amide bonds. The smallest absolute Gasteiger partial charge is 0.323 e. The van der Waals surface area contributed by atoms with Gasteiger partial charge in [0.1, 0.15) is 6.54 Å². The first-order valence-electron chi connectivity index (χ1n) is 6.96. The Hall–Kier alpha value is -1.85. The van der Waals surface area contributed by atoms with Crippen molar-refractivity contribution in [2.45, 2.75) is 39.7 Å². The van der Waals surface area contributed by atoms with E-state index in [1.54, 1.807) is 4.68 Å². The van der Waals surface area contributed by atoms with E-state index in [4.69, 9.17) is 5.11 Å². The average molecular weight is 279 g/mol. The molecule has 0 spiro atoms. The number of carbonyl (C=O) groups excluding carboxylic acids is 1. The van der Waals surface area contributed by atoms with Gasteiger partial charge in [-0.3, -0.25) is 14.3 Å². The zero-order valence-corrected chi connectivity index (χ0v) is 12.0. The van der Waals surface area contributed by atoms with Crippen LogP contribution in [0.25, 0.3) is 0 Å². The summed E-state index contributed by atoms with van der Waals surface area (Å²) in [5.41, 5.74) is 1.94. The first kappa shape index (κ1) is 14.6. The molecule has 0 aromatic carbocycles. The molecular formula is C14H21N3O3. The number of hydrogen-bond acceptors (Lipinski definition) is 3. The van der Waals surface area contributed by atoms with E-state index in [0.717, 1.165) is 24.2 Å². The van der Waals surface area contributed by atoms with E-state index in [2.05, 4.69) is 5.10 Å². The third-order valence-corrected chi connectivity index (χ3v) is 3.50. The maximum absolute atomic E-state index is 12.2. The van der Waals surface area contributed by atoms with Gasteiger partial charge in [0, 0.05) is 25.2 Å². The van der Waals surface area contributed by atoms with Gasteiger partial charge in [0.05, 0.1) is 5.69 Å². The van der Waals surface area contributed by atoms with Crippen LogP contribution in [-0.2, 0) is 16.1 Å². The highest BCUT2D eigenvalue weighted by Gasteiger charge is 2.27. The van der Waals surface area contributed by atoms with Crippen molar-refractivity contribution < 1.29 is 14.7 Å². The lowest BCUT2D eigenvalue weighted by molar-refractivity contribution is -0.144. The number of amides is 1. The number of nitrogens with zero attached hydrogens (tertiary/aromatic N) is 3. The van der Waals surface area contributed by atoms with Gasteiger partial charge in [-0.2, -0.15) is 5.10 Å². The SMILES string of the molecule is Cc1cc(C)n(CCC(=O)N(CC(=O)O)CC2CC2)n1. The van der Waals surface area contributed by atoms with E-state index in [-0.39, 0.29) is 12.5 Å². The van der Waals surface area contributed by atoms with Crippen molar-refractivity contribution in [2.24, 2.45) is 5.92 Å². The van der Waals surface area contributed by atoms with Gasteiger partial charge in [0.2, 0.25) is 5.91 Å². The molecule has 6 heteroatoms. The van der Waals surface area contributed by atoms with E-state index in [1.807, 2.05) is 19.9 Å². The highest BCUT2D eigenvalue weighted by molar-refractivity contribution is 5.81. The number of rotatable bonds is 7. The summed E-state index contributed by atoms with van der Waals surface area (Å²) in [5.74, 6) is -0.566. The van der Waals surface area contributed by atoms with Crippen LogP contribution in [0.4, 0.5) is 0 Å². The van der Waals surface area contributed by atoms with Crippen LogP contribution in [0.15, 0.2) is 6.07 Å². The van der Waals surface area contributed by atoms with Gasteiger partial charge in [-0.1, -0.05) is 0 Å². The van der Waals surface area contributed by atoms with E-state index in [1.165, 1.54) is 4.90 Å². The molecule has 1 saturated carbocycles. The van der Waals surface area contributed by atoms with Crippen LogP contribution in [0, 0.1) is 19.8 Å². The monoisotopic (exact) mass is 279 g/mol. The normalized spacial score (nSPS) is 14.3. The third kappa shape index (κ3) is 4.08. The number of carboxylic acid groups (broad SMARTS) is 1. The topological polar surface area (TPSA) is 75.4 Å². The lowest BCUT2D eigenvalue weighted by Crippen LogP contribution is -2.37. The minimum absolute atomic E-state index is 0.105. The first-order chi connectivity index (χ1) is 9.45. The molecule has 1 aliphatic carbocycles. The molecule has 0 aliphatic heterocycles. The van der Waals surface area contributed by atoms with Crippen LogP contribution in [0.5, 0.6) is 0 Å². The Morgan fingerprint density at radius 1 is 1.45 bits per heavy atom. The molecule has 6 nitrogen and oxygen atoms in total. The summed E-state index contributed by atoms with van der Waals surface area (Å²) in [5, 5.41) is 13.2. The van der Waals surface area contributed by atoms with Crippen molar-refractivity contribution >= 4 is 11.9 Å². The van der Waals surface area contributed by atoms with Gasteiger partial charge in [-0.05, 0) is 38.7 Å². The lowest BCUT2D eigenvalue weighted by atomic mass is 10.3. The number of aromatic nitrogens is 2. The summed E-state index contributed by atoms with van der Waals surface area (Å²) < 4.78 is 1.79. The lowest BCUT2D eigenvalue weighted by Gasteiger charge is -2.20. The van der Waals surface area contributed by atoms with Crippen LogP contribution in [0.1, 0.15) is 30.7 Å². The summed E-state index contributed by atoms with van der Waals surface area (Å²) >= 11 is 0. The molecular weight excluding hydrogens is 258 g/mol. The number of carboxylic acids is 1. The molecule has 1 fully saturated rings. The zero-order valence-electron chi connectivity index (χ0n) is 12.0. The Balaban J connectivity index is 1.89. The molecule has 0 radical (unpaired) electrons. The Morgan fingerprint density at radius 2 is 2.15 bits per heavy atom. The van der Waals surface area contributed by atoms with Gasteiger partial charge >= 0.3 is 5.97 Å². The van der Waals surface area contributed by atoms with E-state index in [0.29, 0.717) is 25.4 Å². The number of aryl methyl sites for hydroxylation is 3. The molecule has 110 valence electrons. The van der Waals surface area contributed by atoms with E-state index >= 15 is 0 Å². The Morgan fingerprint density at radius 3 is 2.65 bits per heavy atom. The maximum atomic E-state index is 12.2. The van der Waals surface area contributed by atoms with Gasteiger partial charge in [0.25, 0.3) is 0 Å². The fourth-order valence-electron chi connectivity index (χ4n) is 2.29. The van der Waals surface area contributed by atoms with Crippen molar-refractivity contribution in [1.82, 2.24) is 14.7 Å². The molecule has 0 atom stereocenters. The van der Waals surface area contributed by atoms with Gasteiger partial charge in [-0.25, -0.2) is 0 Å². The van der Waals surface area contributed by atoms with E-state index < -0.39 is 5.97 Å². The molecule has 1 aliphatic rings. The van der Waals surface area contributed by atoms with Gasteiger partial charge in [0.15, 0.2) is 0 Å². The predicted octanol–water partition coefficient (Wildman–Crippen LogP) is 1.21. The fraction of sp³-hybridized carbons (Fsp3) is 0.643. The van der Waals surface area contributed by atoms with Crippen LogP contribution >= 0.6 is 0 Å². The van der Waals surface area contributed by atoms with Crippen LogP contribution in [0.3, 0.4) is 0 Å². The molecule has 0 unspecified atom stereocenters. The summed E-state index contributed by atoms with van der Waals surface area (Å²) in [6.07, 6.45) is 2.49. The molecule has 1 aromatic rings. The molecule has 1 heterocycles. The average Bonchev–Trinajstić information content (AvgIpc) is 3.10. The van der Waals surface area contributed by atoms with Crippen molar-refractivity contribution in [3.05, 3.63) is 17.5 Å². The van der Waals surface area contributed by atoms with E-state index in [9.17, 15) is 9.59 Å². The maximum Gasteiger partial charge on any atom is 0.323 e. The van der Waals surface area contributed by atoms with Crippen LogP contribution in [0.2, 0.25) is 0 Å². The third-order valence-electron chi connectivity index (χ3n) is 3.50. The fourth-order valence-corrected chi connectivity index (χ4v) is 2.29. The molecule has 0 bridgehead atoms. The number of carbonyl (C=O) groups is 2. The molecule has 1 N–H and O–H groups in total. The van der Waals surface area contributed by atoms with Crippen molar-refractivity contribution in [3.63, 3.8) is 0 Å². The largest absolute Gasteiger partial charge is 0.480 e. The van der Waals surface area contributed by atoms with Crippen molar-refractivity contribution in [1.29, 1.82) is 0 Å². The summed E-state index contributed by atoms with van der Waals surface area (Å²) in [6, 6.07) is 1.96. The molecule has 20 heavy (non-hydrogen) atoms. The summed E-state index contributed by atoms with van der Waals surface area (Å²) in [6.45, 7) is 4.73. The van der Waals surface area contributed by atoms with Crippen LogP contribution in [-0.4, -0.2) is 44.8 Å². The van der Waals surface area contributed by atoms with Crippen LogP contribution < -0.4 is 0 Å². The second-order valence-electron chi connectivity index (χ2n) is 5.51. The molecule has 0 saturated heterocycles. The second kappa shape index (κ2) is 6.07. The Kier molecular flexibility index (Phi) is 4.42. The second-order valence-corrected chi connectivity index (χ2v) is 5.51. The number of hydrogen-bond donors (Lipinski definition) is 1. The standard InChI is InChI=1S/C14H21N3O3/c1-10-7-11(2)17(15-10)6-5-13(18)16(9-14(19)20)8-12-3-4-12/h7,12H,3-6,8-9H2,1-2H3,(H,19,20). The predicted molar refractivity (Wildman–Crippen MR) is 73.3 cm³/mol. The van der Waals surface area contributed by atoms with Gasteiger partial charge < -0.3 is 10.0 Å². The highest BCUT2D eigenvalue weighted by atomic mass is 16.4. The van der Waals surface area contributed by atoms with Gasteiger partial charge in [-0.15, -0.1) is 0 Å². The number of aliphatic carboxylic acids is 1. The Labute approximate surface area is 118 Å². The minimum atomic E-state index is -0.954. The highest BCUT2D eigenvalue weighted by Crippen LogP contribution is 2.29. The summed E-state index contributed by atoms with van der Waals surface area (Å²) in [4.78, 5) is 24.5. The zero-order chi connectivity index (χ0) is 14.7. The Bertz CT molecular complexity index is 506. The molecule has 1 aromatic heterocycles. The molecule has 2 rings (SSSR count). The van der Waals surface area contributed by atoms with Crippen molar-refractivity contribution in [3.8, 4) is 0 Å². The minimum Gasteiger partial charge on any atom is -0.480 e. The quantitative estimate of drug-likeness (QED) is 0.814.